The predicted molar refractivity (Wildman–Crippen MR) is 202 cm³/mol. The molecule has 1 saturated carbocycles. The zero-order valence-electron chi connectivity index (χ0n) is 31.1. The van der Waals surface area contributed by atoms with Crippen LogP contribution in [-0.4, -0.2) is 131 Å². The molecular formula is C40H55N9O3. The lowest BCUT2D eigenvalue weighted by atomic mass is 9.60. The van der Waals surface area contributed by atoms with Crippen molar-refractivity contribution in [2.45, 2.75) is 89.4 Å². The highest BCUT2D eigenvalue weighted by atomic mass is 16.5. The summed E-state index contributed by atoms with van der Waals surface area (Å²) in [6.07, 6.45) is 7.72. The van der Waals surface area contributed by atoms with Gasteiger partial charge in [0.05, 0.1) is 23.3 Å². The fraction of sp³-hybridized carbons (Fsp3) is 0.650. The zero-order valence-corrected chi connectivity index (χ0v) is 31.1. The van der Waals surface area contributed by atoms with Crippen molar-refractivity contribution >= 4 is 23.1 Å². The van der Waals surface area contributed by atoms with E-state index in [2.05, 4.69) is 65.1 Å². The molecule has 2 aromatic heterocycles. The van der Waals surface area contributed by atoms with Crippen molar-refractivity contribution in [2.75, 3.05) is 80.6 Å². The number of aromatic hydroxyl groups is 1. The fourth-order valence-corrected chi connectivity index (χ4v) is 10.7. The lowest BCUT2D eigenvalue weighted by Crippen LogP contribution is -2.67. The van der Waals surface area contributed by atoms with Gasteiger partial charge >= 0.3 is 0 Å². The van der Waals surface area contributed by atoms with E-state index in [0.29, 0.717) is 29.0 Å². The Bertz CT molecular complexity index is 1750. The molecular weight excluding hydrogens is 654 g/mol. The van der Waals surface area contributed by atoms with E-state index in [9.17, 15) is 9.90 Å². The lowest BCUT2D eigenvalue weighted by Gasteiger charge is -2.61. The maximum absolute atomic E-state index is 12.2. The number of likely N-dealkylation sites (tertiary alicyclic amines) is 2. The quantitative estimate of drug-likeness (QED) is 0.338. The molecule has 6 aliphatic rings. The normalized spacial score (nSPS) is 25.3. The molecule has 7 heterocycles. The number of carbonyl (C=O) groups is 1. The van der Waals surface area contributed by atoms with E-state index >= 15 is 0 Å². The minimum atomic E-state index is -0.210. The first-order valence-corrected chi connectivity index (χ1v) is 19.8. The predicted octanol–water partition coefficient (Wildman–Crippen LogP) is 4.68. The average Bonchev–Trinajstić information content (AvgIpc) is 3.59. The molecule has 1 unspecified atom stereocenters. The van der Waals surface area contributed by atoms with Crippen molar-refractivity contribution < 1.29 is 14.4 Å². The Hall–Kier alpha value is -3.74. The number of Topliss-reactive ketones (excluding diaryl/α,β-unsaturated/α-hetero) is 1. The van der Waals surface area contributed by atoms with Gasteiger partial charge in [-0.05, 0) is 95.7 Å². The van der Waals surface area contributed by atoms with Crippen LogP contribution < -0.4 is 15.1 Å². The molecule has 1 aliphatic carbocycles. The third-order valence-corrected chi connectivity index (χ3v) is 13.5. The van der Waals surface area contributed by atoms with E-state index in [-0.39, 0.29) is 23.4 Å². The number of anilines is 3. The van der Waals surface area contributed by atoms with Crippen molar-refractivity contribution in [3.63, 3.8) is 0 Å². The Morgan fingerprint density at radius 2 is 1.58 bits per heavy atom. The van der Waals surface area contributed by atoms with E-state index < -0.39 is 0 Å². The van der Waals surface area contributed by atoms with E-state index in [0.717, 1.165) is 74.2 Å². The van der Waals surface area contributed by atoms with Crippen LogP contribution in [-0.2, 0) is 4.79 Å². The molecule has 3 aromatic rings. The molecule has 12 nitrogen and oxygen atoms in total. The summed E-state index contributed by atoms with van der Waals surface area (Å²) in [6, 6.07) is 14.0. The van der Waals surface area contributed by atoms with Crippen LogP contribution in [0.1, 0.15) is 71.0 Å². The molecule has 12 heteroatoms. The number of benzene rings is 1. The lowest BCUT2D eigenvalue weighted by molar-refractivity contribution is -0.119. The van der Waals surface area contributed by atoms with Gasteiger partial charge in [0.25, 0.3) is 0 Å². The van der Waals surface area contributed by atoms with Crippen LogP contribution in [0.4, 0.5) is 17.3 Å². The summed E-state index contributed by atoms with van der Waals surface area (Å²) in [4.78, 5) is 25.4. The van der Waals surface area contributed by atoms with Gasteiger partial charge in [0.1, 0.15) is 17.3 Å². The molecule has 2 atom stereocenters. The fourth-order valence-electron chi connectivity index (χ4n) is 10.7. The molecule has 0 radical (unpaired) electrons. The number of phenolic OH excluding ortho intramolecular Hbond substituents is 1. The SMILES string of the molecule is CC(=O)C(c1cc(N2CC3(CC(N4CCC(N5CCC(N6CCN7c8cc(-c9ccccc9O)nnc8NC[C@H]7C6)CC5)CC4)C3)C2)no1)C(C)C. The molecule has 4 saturated heterocycles. The molecule has 2 N–H and O–H groups in total. The van der Waals surface area contributed by atoms with Gasteiger partial charge in [-0.3, -0.25) is 9.69 Å². The number of hydrogen-bond acceptors (Lipinski definition) is 12. The second-order valence-corrected chi connectivity index (χ2v) is 17.1. The van der Waals surface area contributed by atoms with Gasteiger partial charge in [-0.15, -0.1) is 10.2 Å². The van der Waals surface area contributed by atoms with Crippen LogP contribution >= 0.6 is 0 Å². The van der Waals surface area contributed by atoms with Crippen molar-refractivity contribution in [1.29, 1.82) is 0 Å². The zero-order chi connectivity index (χ0) is 35.6. The average molecular weight is 710 g/mol. The first-order chi connectivity index (χ1) is 25.2. The molecule has 0 amide bonds. The highest BCUT2D eigenvalue weighted by molar-refractivity contribution is 5.83. The highest BCUT2D eigenvalue weighted by Crippen LogP contribution is 2.52. The number of nitrogens with zero attached hydrogens (tertiary/aromatic N) is 8. The number of hydrogen-bond donors (Lipinski definition) is 2. The van der Waals surface area contributed by atoms with E-state index in [1.54, 1.807) is 13.0 Å². The third-order valence-electron chi connectivity index (χ3n) is 13.5. The van der Waals surface area contributed by atoms with Gasteiger partial charge in [0.2, 0.25) is 0 Å². The molecule has 9 rings (SSSR count). The summed E-state index contributed by atoms with van der Waals surface area (Å²) in [5, 5.41) is 27.2. The van der Waals surface area contributed by atoms with Crippen LogP contribution in [0.2, 0.25) is 0 Å². The summed E-state index contributed by atoms with van der Waals surface area (Å²) >= 11 is 0. The number of nitrogens with one attached hydrogen (secondary N) is 1. The molecule has 1 spiro atoms. The second-order valence-electron chi connectivity index (χ2n) is 17.1. The number of piperazine rings is 1. The van der Waals surface area contributed by atoms with Gasteiger partial charge in [-0.2, -0.15) is 0 Å². The number of fused-ring (bicyclic) bond motifs is 3. The minimum absolute atomic E-state index is 0.144. The molecule has 0 bridgehead atoms. The largest absolute Gasteiger partial charge is 0.507 e. The standard InChI is InChI=1S/C40H55N9O3/c1-26(2)38(27(3)50)36-19-37(44-52-36)48-24-40(25-48)20-30(21-40)46-14-8-28(9-15-46)45-12-10-29(11-13-45)47-16-17-49-31(23-47)22-41-39-34(49)18-33(42-43-39)32-6-4-5-7-35(32)51/h4-7,18-19,26,28-31,38,51H,8-17,20-25H2,1-3H3,(H,41,43)/t31-,38?/m0/s1. The number of para-hydroxylation sites is 1. The molecule has 52 heavy (non-hydrogen) atoms. The monoisotopic (exact) mass is 709 g/mol. The molecule has 1 aromatic carbocycles. The number of ketones is 1. The van der Waals surface area contributed by atoms with Crippen molar-refractivity contribution in [1.82, 2.24) is 30.1 Å². The van der Waals surface area contributed by atoms with Gasteiger partial charge < -0.3 is 34.5 Å². The Morgan fingerprint density at radius 3 is 2.27 bits per heavy atom. The molecule has 278 valence electrons. The van der Waals surface area contributed by atoms with E-state index in [1.807, 2.05) is 24.3 Å². The Balaban J connectivity index is 0.712. The second kappa shape index (κ2) is 13.6. The molecule has 5 aliphatic heterocycles. The Labute approximate surface area is 307 Å². The summed E-state index contributed by atoms with van der Waals surface area (Å²) in [5.41, 5.74) is 2.97. The van der Waals surface area contributed by atoms with Crippen LogP contribution in [0.3, 0.4) is 0 Å². The van der Waals surface area contributed by atoms with Gasteiger partial charge in [-0.1, -0.05) is 31.1 Å². The minimum Gasteiger partial charge on any atom is -0.507 e. The Morgan fingerprint density at radius 1 is 0.885 bits per heavy atom. The van der Waals surface area contributed by atoms with E-state index in [4.69, 9.17) is 4.52 Å². The Kier molecular flexibility index (Phi) is 8.90. The smallest absolute Gasteiger partial charge is 0.172 e. The number of rotatable bonds is 8. The number of carbonyl (C=O) groups excluding carboxylic acids is 1. The van der Waals surface area contributed by atoms with E-state index in [1.165, 1.54) is 64.7 Å². The first kappa shape index (κ1) is 34.1. The van der Waals surface area contributed by atoms with Crippen molar-refractivity contribution in [3.8, 4) is 17.0 Å². The van der Waals surface area contributed by atoms with Gasteiger partial charge in [0, 0.05) is 74.4 Å². The number of phenols is 1. The third kappa shape index (κ3) is 6.24. The number of piperidine rings is 2. The van der Waals surface area contributed by atoms with Gasteiger partial charge in [-0.25, -0.2) is 0 Å². The maximum atomic E-state index is 12.2. The van der Waals surface area contributed by atoms with Gasteiger partial charge in [0.15, 0.2) is 11.6 Å². The van der Waals surface area contributed by atoms with Crippen LogP contribution in [0, 0.1) is 11.3 Å². The van der Waals surface area contributed by atoms with Crippen LogP contribution in [0.5, 0.6) is 5.75 Å². The van der Waals surface area contributed by atoms with Crippen LogP contribution in [0.25, 0.3) is 11.3 Å². The van der Waals surface area contributed by atoms with Crippen molar-refractivity contribution in [3.05, 3.63) is 42.2 Å². The topological polar surface area (TPSA) is 117 Å². The highest BCUT2D eigenvalue weighted by Gasteiger charge is 2.54. The number of aromatic nitrogens is 3. The van der Waals surface area contributed by atoms with Crippen LogP contribution in [0.15, 0.2) is 40.9 Å². The summed E-state index contributed by atoms with van der Waals surface area (Å²) in [7, 11) is 0. The molecule has 5 fully saturated rings. The summed E-state index contributed by atoms with van der Waals surface area (Å²) < 4.78 is 5.65. The maximum Gasteiger partial charge on any atom is 0.172 e. The summed E-state index contributed by atoms with van der Waals surface area (Å²) in [5.74, 6) is 2.83. The van der Waals surface area contributed by atoms with Crippen molar-refractivity contribution in [2.24, 2.45) is 11.3 Å². The first-order valence-electron chi connectivity index (χ1n) is 19.8. The summed E-state index contributed by atoms with van der Waals surface area (Å²) in [6.45, 7) is 16.8.